The first-order chi connectivity index (χ1) is 13.3. The van der Waals surface area contributed by atoms with Crippen molar-refractivity contribution < 1.29 is 9.59 Å². The highest BCUT2D eigenvalue weighted by Gasteiger charge is 2.33. The molecule has 0 aromatic carbocycles. The molecule has 1 aromatic heterocycles. The fourth-order valence-electron chi connectivity index (χ4n) is 3.61. The smallest absolute Gasteiger partial charge is 0.267 e. The maximum Gasteiger partial charge on any atom is 0.267 e. The Morgan fingerprint density at radius 2 is 2.14 bits per heavy atom. The SMILES string of the molecule is C=C(C=CC)C1(C)CCN(c2nc(NC3CCNC3=O)cc(C(N)=O)n2)CC1. The van der Waals surface area contributed by atoms with Crippen LogP contribution in [-0.4, -0.2) is 47.5 Å². The number of allylic oxidation sites excluding steroid dienone is 3. The summed E-state index contributed by atoms with van der Waals surface area (Å²) in [4.78, 5) is 34.5. The summed E-state index contributed by atoms with van der Waals surface area (Å²) < 4.78 is 0. The fraction of sp³-hybridized carbons (Fsp3) is 0.500. The maximum atomic E-state index is 11.8. The molecule has 2 fully saturated rings. The Labute approximate surface area is 165 Å². The van der Waals surface area contributed by atoms with E-state index in [4.69, 9.17) is 5.73 Å². The predicted octanol–water partition coefficient (Wildman–Crippen LogP) is 1.61. The number of anilines is 2. The van der Waals surface area contributed by atoms with Crippen LogP contribution in [0, 0.1) is 5.41 Å². The molecule has 1 unspecified atom stereocenters. The van der Waals surface area contributed by atoms with E-state index in [0.29, 0.717) is 24.7 Å². The molecule has 8 nitrogen and oxygen atoms in total. The molecular formula is C20H28N6O2. The number of hydrogen-bond acceptors (Lipinski definition) is 6. The van der Waals surface area contributed by atoms with Crippen molar-refractivity contribution in [1.82, 2.24) is 15.3 Å². The van der Waals surface area contributed by atoms with Crippen LogP contribution in [0.25, 0.3) is 0 Å². The number of amides is 2. The van der Waals surface area contributed by atoms with Crippen LogP contribution in [-0.2, 0) is 4.79 Å². The van der Waals surface area contributed by atoms with Gasteiger partial charge in [-0.05, 0) is 37.2 Å². The van der Waals surface area contributed by atoms with E-state index in [1.165, 1.54) is 6.07 Å². The van der Waals surface area contributed by atoms with Gasteiger partial charge in [-0.3, -0.25) is 9.59 Å². The number of nitrogens with one attached hydrogen (secondary N) is 2. The van der Waals surface area contributed by atoms with Crippen molar-refractivity contribution in [3.05, 3.63) is 36.1 Å². The van der Waals surface area contributed by atoms with Gasteiger partial charge in [0.25, 0.3) is 5.91 Å². The van der Waals surface area contributed by atoms with Gasteiger partial charge in [0.1, 0.15) is 17.6 Å². The minimum Gasteiger partial charge on any atom is -0.364 e. The lowest BCUT2D eigenvalue weighted by Gasteiger charge is -2.40. The Morgan fingerprint density at radius 3 is 2.71 bits per heavy atom. The summed E-state index contributed by atoms with van der Waals surface area (Å²) in [5.74, 6) is 0.200. The van der Waals surface area contributed by atoms with Crippen molar-refractivity contribution in [2.24, 2.45) is 11.1 Å². The normalized spacial score (nSPS) is 21.6. The highest BCUT2D eigenvalue weighted by atomic mass is 16.2. The average molecular weight is 384 g/mol. The summed E-state index contributed by atoms with van der Waals surface area (Å²) in [7, 11) is 0. The van der Waals surface area contributed by atoms with Crippen molar-refractivity contribution in [2.45, 2.75) is 39.2 Å². The zero-order valence-corrected chi connectivity index (χ0v) is 16.5. The Kier molecular flexibility index (Phi) is 5.67. The molecule has 0 saturated carbocycles. The van der Waals surface area contributed by atoms with E-state index in [1.807, 2.05) is 13.0 Å². The van der Waals surface area contributed by atoms with E-state index in [-0.39, 0.29) is 23.1 Å². The van der Waals surface area contributed by atoms with E-state index in [0.717, 1.165) is 31.5 Å². The molecule has 3 heterocycles. The number of piperidine rings is 1. The van der Waals surface area contributed by atoms with Crippen molar-refractivity contribution in [1.29, 1.82) is 0 Å². The Morgan fingerprint density at radius 1 is 1.43 bits per heavy atom. The number of aromatic nitrogens is 2. The molecule has 28 heavy (non-hydrogen) atoms. The van der Waals surface area contributed by atoms with Gasteiger partial charge in [-0.15, -0.1) is 0 Å². The Hall–Kier alpha value is -2.90. The number of nitrogens with two attached hydrogens (primary N) is 1. The molecule has 2 amide bonds. The van der Waals surface area contributed by atoms with Crippen molar-refractivity contribution >= 4 is 23.6 Å². The quantitative estimate of drug-likeness (QED) is 0.642. The number of carbonyl (C=O) groups is 2. The minimum atomic E-state index is -0.620. The summed E-state index contributed by atoms with van der Waals surface area (Å²) in [5.41, 5.74) is 6.75. The number of carbonyl (C=O) groups excluding carboxylic acids is 2. The summed E-state index contributed by atoms with van der Waals surface area (Å²) >= 11 is 0. The molecule has 0 aliphatic carbocycles. The molecule has 1 aromatic rings. The predicted molar refractivity (Wildman–Crippen MR) is 109 cm³/mol. The first kappa shape index (κ1) is 19.9. The van der Waals surface area contributed by atoms with Gasteiger partial charge in [0, 0.05) is 25.7 Å². The third-order valence-corrected chi connectivity index (χ3v) is 5.63. The molecule has 1 atom stereocenters. The van der Waals surface area contributed by atoms with Gasteiger partial charge in [-0.2, -0.15) is 4.98 Å². The van der Waals surface area contributed by atoms with Crippen LogP contribution in [0.5, 0.6) is 0 Å². The summed E-state index contributed by atoms with van der Waals surface area (Å²) in [6.07, 6.45) is 6.56. The molecule has 0 radical (unpaired) electrons. The zero-order valence-electron chi connectivity index (χ0n) is 16.5. The topological polar surface area (TPSA) is 113 Å². The first-order valence-corrected chi connectivity index (χ1v) is 9.62. The van der Waals surface area contributed by atoms with Crippen molar-refractivity contribution in [3.63, 3.8) is 0 Å². The molecule has 2 saturated heterocycles. The van der Waals surface area contributed by atoms with Crippen LogP contribution in [0.15, 0.2) is 30.4 Å². The van der Waals surface area contributed by atoms with Gasteiger partial charge in [-0.1, -0.05) is 25.7 Å². The monoisotopic (exact) mass is 384 g/mol. The molecule has 0 spiro atoms. The van der Waals surface area contributed by atoms with Crippen molar-refractivity contribution in [3.8, 4) is 0 Å². The first-order valence-electron chi connectivity index (χ1n) is 9.62. The van der Waals surface area contributed by atoms with Gasteiger partial charge in [-0.25, -0.2) is 4.98 Å². The summed E-state index contributed by atoms with van der Waals surface area (Å²) in [5, 5.41) is 5.87. The lowest BCUT2D eigenvalue weighted by Crippen LogP contribution is -2.40. The zero-order chi connectivity index (χ0) is 20.3. The number of primary amides is 1. The molecule has 2 aliphatic heterocycles. The highest BCUT2D eigenvalue weighted by molar-refractivity contribution is 5.92. The summed E-state index contributed by atoms with van der Waals surface area (Å²) in [6, 6.07) is 1.14. The van der Waals surface area contributed by atoms with Crippen LogP contribution >= 0.6 is 0 Å². The number of nitrogens with zero attached hydrogens (tertiary/aromatic N) is 3. The molecule has 150 valence electrons. The van der Waals surface area contributed by atoms with Crippen LogP contribution < -0.4 is 21.3 Å². The Balaban J connectivity index is 1.79. The van der Waals surface area contributed by atoms with E-state index in [1.54, 1.807) is 0 Å². The lowest BCUT2D eigenvalue weighted by molar-refractivity contribution is -0.119. The van der Waals surface area contributed by atoms with Crippen LogP contribution in [0.4, 0.5) is 11.8 Å². The van der Waals surface area contributed by atoms with Gasteiger partial charge < -0.3 is 21.3 Å². The van der Waals surface area contributed by atoms with E-state index in [9.17, 15) is 9.59 Å². The maximum absolute atomic E-state index is 11.8. The van der Waals surface area contributed by atoms with Crippen LogP contribution in [0.3, 0.4) is 0 Å². The summed E-state index contributed by atoms with van der Waals surface area (Å²) in [6.45, 7) is 10.5. The largest absolute Gasteiger partial charge is 0.364 e. The van der Waals surface area contributed by atoms with Crippen LogP contribution in [0.2, 0.25) is 0 Å². The average Bonchev–Trinajstić information content (AvgIpc) is 3.07. The highest BCUT2D eigenvalue weighted by Crippen LogP contribution is 2.38. The molecule has 3 rings (SSSR count). The van der Waals surface area contributed by atoms with Crippen LogP contribution in [0.1, 0.15) is 43.6 Å². The van der Waals surface area contributed by atoms with Gasteiger partial charge in [0.2, 0.25) is 11.9 Å². The second kappa shape index (κ2) is 8.00. The molecule has 0 bridgehead atoms. The second-order valence-electron chi connectivity index (χ2n) is 7.65. The molecular weight excluding hydrogens is 356 g/mol. The minimum absolute atomic E-state index is 0.0350. The van der Waals surface area contributed by atoms with E-state index >= 15 is 0 Å². The number of rotatable bonds is 6. The Bertz CT molecular complexity index is 811. The van der Waals surface area contributed by atoms with E-state index < -0.39 is 5.91 Å². The fourth-order valence-corrected chi connectivity index (χ4v) is 3.61. The second-order valence-corrected chi connectivity index (χ2v) is 7.65. The van der Waals surface area contributed by atoms with Crippen molar-refractivity contribution in [2.75, 3.05) is 29.9 Å². The van der Waals surface area contributed by atoms with Gasteiger partial charge >= 0.3 is 0 Å². The van der Waals surface area contributed by atoms with E-state index in [2.05, 4.69) is 45.1 Å². The van der Waals surface area contributed by atoms with Gasteiger partial charge in [0.05, 0.1) is 0 Å². The standard InChI is InChI=1S/C20H28N6O2/c1-4-5-13(2)20(3)7-10-26(11-8-20)19-24-15(17(21)27)12-16(25-19)23-14-6-9-22-18(14)28/h4-5,12,14H,2,6-11H2,1,3H3,(H2,21,27)(H,22,28)(H,23,24,25). The third kappa shape index (κ3) is 4.16. The van der Waals surface area contributed by atoms with Gasteiger partial charge in [0.15, 0.2) is 0 Å². The number of hydrogen-bond donors (Lipinski definition) is 3. The molecule has 2 aliphatic rings. The lowest BCUT2D eigenvalue weighted by atomic mass is 9.74. The third-order valence-electron chi connectivity index (χ3n) is 5.63. The molecule has 8 heteroatoms. The molecule has 4 N–H and O–H groups in total.